The number of carbonyl (C=O) groups excluding carboxylic acids is 3. The van der Waals surface area contributed by atoms with Crippen LogP contribution in [0.25, 0.3) is 0 Å². The summed E-state index contributed by atoms with van der Waals surface area (Å²) in [5, 5.41) is 0. The van der Waals surface area contributed by atoms with Gasteiger partial charge in [-0.25, -0.2) is 0 Å². The van der Waals surface area contributed by atoms with Crippen molar-refractivity contribution in [2.45, 2.75) is 380 Å². The monoisotopic (exact) mass is 1150 g/mol. The molecule has 6 nitrogen and oxygen atoms in total. The van der Waals surface area contributed by atoms with Gasteiger partial charge in [0, 0.05) is 19.3 Å². The van der Waals surface area contributed by atoms with Gasteiger partial charge in [0.1, 0.15) is 13.2 Å². The normalized spacial score (nSPS) is 12.5. The highest BCUT2D eigenvalue weighted by Gasteiger charge is 2.19. The minimum absolute atomic E-state index is 0.0845. The Balaban J connectivity index is 4.28. The first-order valence-electron chi connectivity index (χ1n) is 35.9. The van der Waals surface area contributed by atoms with Crippen LogP contribution >= 0.6 is 0 Å². The fourth-order valence-electron chi connectivity index (χ4n) is 10.6. The third kappa shape index (κ3) is 67.6. The maximum Gasteiger partial charge on any atom is 0.306 e. The average molecular weight is 1150 g/mol. The Morgan fingerprint density at radius 1 is 0.256 bits per heavy atom. The van der Waals surface area contributed by atoms with Crippen LogP contribution in [0, 0.1) is 0 Å². The zero-order valence-corrected chi connectivity index (χ0v) is 54.8. The Kier molecular flexibility index (Phi) is 67.6. The fraction of sp³-hybridized carbons (Fsp3) is 0.803. The molecule has 1 unspecified atom stereocenters. The van der Waals surface area contributed by atoms with E-state index >= 15 is 0 Å². The molecule has 0 aromatic carbocycles. The Bertz CT molecular complexity index is 1500. The molecule has 0 bridgehead atoms. The van der Waals surface area contributed by atoms with E-state index in [-0.39, 0.29) is 31.1 Å². The van der Waals surface area contributed by atoms with Gasteiger partial charge >= 0.3 is 17.9 Å². The first-order valence-corrected chi connectivity index (χ1v) is 35.9. The van der Waals surface area contributed by atoms with Gasteiger partial charge < -0.3 is 14.2 Å². The molecule has 1 atom stereocenters. The molecule has 0 rings (SSSR count). The van der Waals surface area contributed by atoms with Gasteiger partial charge in [-0.05, 0) is 89.9 Å². The van der Waals surface area contributed by atoms with Gasteiger partial charge in [-0.2, -0.15) is 0 Å². The van der Waals surface area contributed by atoms with Crippen LogP contribution in [0.5, 0.6) is 0 Å². The molecule has 6 heteroatoms. The molecule has 0 spiro atoms. The van der Waals surface area contributed by atoms with Gasteiger partial charge in [0.25, 0.3) is 0 Å². The average Bonchev–Trinajstić information content (AvgIpc) is 3.47. The van der Waals surface area contributed by atoms with E-state index in [1.807, 2.05) is 0 Å². The van der Waals surface area contributed by atoms with Gasteiger partial charge in [0.05, 0.1) is 0 Å². The zero-order valence-electron chi connectivity index (χ0n) is 54.8. The SMILES string of the molecule is CC/C=C\C/C=C\C/C=C\C/C=C\C/C=C\CCCCCC(=O)OC(COC(=O)CCCCCCCCCCCCCCCCCC)COC(=O)CCCCCCCCCCCCCCCCCCC/C=C\CCCCCCCCCC. The highest BCUT2D eigenvalue weighted by molar-refractivity contribution is 5.71. The van der Waals surface area contributed by atoms with Crippen molar-refractivity contribution in [3.05, 3.63) is 72.9 Å². The first-order chi connectivity index (χ1) is 40.5. The maximum atomic E-state index is 12.9. The van der Waals surface area contributed by atoms with E-state index in [0.717, 1.165) is 96.3 Å². The second kappa shape index (κ2) is 70.3. The van der Waals surface area contributed by atoms with Crippen LogP contribution < -0.4 is 0 Å². The van der Waals surface area contributed by atoms with Crippen molar-refractivity contribution in [3.8, 4) is 0 Å². The van der Waals surface area contributed by atoms with E-state index in [1.165, 1.54) is 238 Å². The van der Waals surface area contributed by atoms with Crippen molar-refractivity contribution in [1.82, 2.24) is 0 Å². The molecule has 0 radical (unpaired) electrons. The van der Waals surface area contributed by atoms with E-state index in [9.17, 15) is 14.4 Å². The number of rotatable bonds is 66. The van der Waals surface area contributed by atoms with E-state index in [2.05, 4.69) is 93.7 Å². The van der Waals surface area contributed by atoms with Gasteiger partial charge in [-0.3, -0.25) is 14.4 Å². The number of unbranched alkanes of at least 4 members (excludes halogenated alkanes) is 43. The fourth-order valence-corrected chi connectivity index (χ4v) is 10.6. The molecular formula is C76H136O6. The summed E-state index contributed by atoms with van der Waals surface area (Å²) in [6, 6.07) is 0. The lowest BCUT2D eigenvalue weighted by Gasteiger charge is -2.18. The molecule has 0 aliphatic rings. The summed E-state index contributed by atoms with van der Waals surface area (Å²) >= 11 is 0. The molecule has 0 aliphatic carbocycles. The second-order valence-corrected chi connectivity index (χ2v) is 24.1. The summed E-state index contributed by atoms with van der Waals surface area (Å²) in [5.41, 5.74) is 0. The molecule has 0 N–H and O–H groups in total. The largest absolute Gasteiger partial charge is 0.462 e. The van der Waals surface area contributed by atoms with Crippen molar-refractivity contribution in [3.63, 3.8) is 0 Å². The molecule has 0 heterocycles. The summed E-state index contributed by atoms with van der Waals surface area (Å²) in [5.74, 6) is -0.894. The summed E-state index contributed by atoms with van der Waals surface area (Å²) in [4.78, 5) is 38.4. The highest BCUT2D eigenvalue weighted by atomic mass is 16.6. The molecule has 0 fully saturated rings. The minimum atomic E-state index is -0.792. The van der Waals surface area contributed by atoms with Crippen LogP contribution in [0.4, 0.5) is 0 Å². The van der Waals surface area contributed by atoms with E-state index in [0.29, 0.717) is 19.3 Å². The second-order valence-electron chi connectivity index (χ2n) is 24.1. The van der Waals surface area contributed by atoms with Crippen LogP contribution in [-0.4, -0.2) is 37.2 Å². The Morgan fingerprint density at radius 3 is 0.768 bits per heavy atom. The lowest BCUT2D eigenvalue weighted by atomic mass is 10.0. The summed E-state index contributed by atoms with van der Waals surface area (Å²) in [7, 11) is 0. The molecule has 0 saturated heterocycles. The van der Waals surface area contributed by atoms with Crippen LogP contribution in [0.1, 0.15) is 374 Å². The number of carbonyl (C=O) groups is 3. The van der Waals surface area contributed by atoms with Crippen LogP contribution in [0.15, 0.2) is 72.9 Å². The number of hydrogen-bond donors (Lipinski definition) is 0. The van der Waals surface area contributed by atoms with E-state index in [1.54, 1.807) is 0 Å². The van der Waals surface area contributed by atoms with Gasteiger partial charge in [0.15, 0.2) is 6.10 Å². The lowest BCUT2D eigenvalue weighted by Crippen LogP contribution is -2.30. The summed E-state index contributed by atoms with van der Waals surface area (Å²) in [6.45, 7) is 6.56. The quantitative estimate of drug-likeness (QED) is 0.0261. The highest BCUT2D eigenvalue weighted by Crippen LogP contribution is 2.18. The molecule has 0 saturated carbocycles. The number of esters is 3. The van der Waals surface area contributed by atoms with Gasteiger partial charge in [-0.1, -0.05) is 338 Å². The Labute approximate surface area is 510 Å². The van der Waals surface area contributed by atoms with Crippen molar-refractivity contribution in [2.24, 2.45) is 0 Å². The van der Waals surface area contributed by atoms with Gasteiger partial charge in [0.2, 0.25) is 0 Å². The van der Waals surface area contributed by atoms with Crippen molar-refractivity contribution >= 4 is 17.9 Å². The molecule has 0 amide bonds. The molecule has 0 aliphatic heterocycles. The number of hydrogen-bond acceptors (Lipinski definition) is 6. The van der Waals surface area contributed by atoms with Crippen molar-refractivity contribution < 1.29 is 28.6 Å². The Morgan fingerprint density at radius 2 is 0.476 bits per heavy atom. The van der Waals surface area contributed by atoms with Crippen LogP contribution in [0.2, 0.25) is 0 Å². The maximum absolute atomic E-state index is 12.9. The first kappa shape index (κ1) is 78.8. The summed E-state index contributed by atoms with van der Waals surface area (Å²) in [6.07, 6.45) is 92.2. The summed E-state index contributed by atoms with van der Waals surface area (Å²) < 4.78 is 17.0. The van der Waals surface area contributed by atoms with Gasteiger partial charge in [-0.15, -0.1) is 0 Å². The third-order valence-corrected chi connectivity index (χ3v) is 15.9. The van der Waals surface area contributed by atoms with E-state index < -0.39 is 6.10 Å². The molecule has 0 aromatic rings. The van der Waals surface area contributed by atoms with Crippen molar-refractivity contribution in [1.29, 1.82) is 0 Å². The topological polar surface area (TPSA) is 78.9 Å². The molecule has 476 valence electrons. The molecule has 0 aromatic heterocycles. The third-order valence-electron chi connectivity index (χ3n) is 15.9. The predicted molar refractivity (Wildman–Crippen MR) is 358 cm³/mol. The lowest BCUT2D eigenvalue weighted by molar-refractivity contribution is -0.167. The standard InChI is InChI=1S/C76H136O6/c1-4-7-10-13-16-19-22-25-28-31-33-34-35-36-37-38-39-40-41-42-44-45-48-51-54-57-60-63-66-69-75(78)81-72-73(71-80-74(77)68-65-62-59-56-53-50-47-30-27-24-21-18-15-12-9-6-3)82-76(79)70-67-64-61-58-55-52-49-46-43-32-29-26-23-20-17-14-11-8-5-2/h8,11,17,20,26,29,31,33,43,46,52,55,73H,4-7,9-10,12-16,18-19,21-25,27-28,30,32,34-42,44-45,47-51,53-54,56-72H2,1-3H3/b11-8-,20-17-,29-26-,33-31-,46-43-,55-52-. The predicted octanol–water partition coefficient (Wildman–Crippen LogP) is 24.8. The molecular weight excluding hydrogens is 1010 g/mol. The Hall–Kier alpha value is -3.15. The molecule has 82 heavy (non-hydrogen) atoms. The van der Waals surface area contributed by atoms with Crippen LogP contribution in [-0.2, 0) is 28.6 Å². The minimum Gasteiger partial charge on any atom is -0.462 e. The van der Waals surface area contributed by atoms with E-state index in [4.69, 9.17) is 14.2 Å². The van der Waals surface area contributed by atoms with Crippen molar-refractivity contribution in [2.75, 3.05) is 13.2 Å². The number of allylic oxidation sites excluding steroid dienone is 12. The number of ether oxygens (including phenoxy) is 3. The zero-order chi connectivity index (χ0) is 59.2. The smallest absolute Gasteiger partial charge is 0.306 e. The van der Waals surface area contributed by atoms with Crippen LogP contribution in [0.3, 0.4) is 0 Å².